The fourth-order valence-corrected chi connectivity index (χ4v) is 2.74. The number of likely N-dealkylation sites (N-methyl/N-ethyl adjacent to an activating group) is 1. The maximum atomic E-state index is 5.74. The molecule has 0 aliphatic rings. The highest BCUT2D eigenvalue weighted by Crippen LogP contribution is 2.26. The number of rotatable bonds is 7. The zero-order valence-electron chi connectivity index (χ0n) is 13.3. The Kier molecular flexibility index (Phi) is 5.53. The van der Waals surface area contributed by atoms with Crippen molar-refractivity contribution in [3.8, 4) is 5.69 Å². The van der Waals surface area contributed by atoms with Crippen molar-refractivity contribution in [1.29, 1.82) is 0 Å². The van der Waals surface area contributed by atoms with Crippen LogP contribution in [0.25, 0.3) is 5.69 Å². The van der Waals surface area contributed by atoms with E-state index < -0.39 is 0 Å². The van der Waals surface area contributed by atoms with Crippen molar-refractivity contribution in [2.45, 2.75) is 32.9 Å². The van der Waals surface area contributed by atoms with Crippen LogP contribution in [0, 0.1) is 5.92 Å². The number of hydrogen-bond acceptors (Lipinski definition) is 3. The van der Waals surface area contributed by atoms with Crippen LogP contribution in [-0.4, -0.2) is 29.5 Å². The fraction of sp³-hybridized carbons (Fsp3) is 0.471. The summed E-state index contributed by atoms with van der Waals surface area (Å²) >= 11 is 0. The van der Waals surface area contributed by atoms with E-state index in [2.05, 4.69) is 49.4 Å². The number of para-hydroxylation sites is 1. The highest BCUT2D eigenvalue weighted by Gasteiger charge is 2.28. The number of methoxy groups -OCH3 is 1. The second-order valence-electron chi connectivity index (χ2n) is 5.48. The summed E-state index contributed by atoms with van der Waals surface area (Å²) in [6.45, 7) is 7.37. The molecule has 4 nitrogen and oxygen atoms in total. The smallest absolute Gasteiger partial charge is 0.0804 e. The lowest BCUT2D eigenvalue weighted by atomic mass is 9.96. The molecule has 114 valence electrons. The van der Waals surface area contributed by atoms with Gasteiger partial charge in [0.2, 0.25) is 0 Å². The zero-order chi connectivity index (χ0) is 15.2. The largest absolute Gasteiger partial charge is 0.379 e. The van der Waals surface area contributed by atoms with Crippen LogP contribution in [0.5, 0.6) is 0 Å². The molecule has 4 heteroatoms. The molecule has 1 aromatic heterocycles. The lowest BCUT2D eigenvalue weighted by Crippen LogP contribution is -2.37. The van der Waals surface area contributed by atoms with Crippen molar-refractivity contribution in [2.24, 2.45) is 5.92 Å². The molecule has 1 aromatic carbocycles. The molecule has 1 N–H and O–H groups in total. The monoisotopic (exact) mass is 287 g/mol. The third kappa shape index (κ3) is 3.52. The summed E-state index contributed by atoms with van der Waals surface area (Å²) < 4.78 is 7.73. The van der Waals surface area contributed by atoms with E-state index in [9.17, 15) is 0 Å². The Hall–Kier alpha value is -1.65. The van der Waals surface area contributed by atoms with E-state index in [1.54, 1.807) is 7.11 Å². The zero-order valence-corrected chi connectivity index (χ0v) is 13.3. The first-order chi connectivity index (χ1) is 10.2. The van der Waals surface area contributed by atoms with Gasteiger partial charge < -0.3 is 10.1 Å². The van der Waals surface area contributed by atoms with Crippen molar-refractivity contribution in [3.05, 3.63) is 48.3 Å². The number of nitrogens with one attached hydrogen (secondary N) is 1. The van der Waals surface area contributed by atoms with E-state index in [4.69, 9.17) is 4.74 Å². The number of ether oxygens (including phenoxy) is 1. The summed E-state index contributed by atoms with van der Waals surface area (Å²) in [6, 6.07) is 12.4. The highest BCUT2D eigenvalue weighted by atomic mass is 16.5. The summed E-state index contributed by atoms with van der Waals surface area (Å²) in [5, 5.41) is 8.03. The quantitative estimate of drug-likeness (QED) is 0.850. The molecule has 0 radical (unpaired) electrons. The molecule has 0 aliphatic heterocycles. The summed E-state index contributed by atoms with van der Waals surface area (Å²) in [5.74, 6) is 0.415. The van der Waals surface area contributed by atoms with Crippen LogP contribution in [-0.2, 0) is 4.74 Å². The van der Waals surface area contributed by atoms with Crippen LogP contribution in [0.15, 0.2) is 42.6 Å². The van der Waals surface area contributed by atoms with E-state index in [-0.39, 0.29) is 12.1 Å². The number of hydrogen-bond donors (Lipinski definition) is 1. The van der Waals surface area contributed by atoms with Gasteiger partial charge in [0.15, 0.2) is 0 Å². The summed E-state index contributed by atoms with van der Waals surface area (Å²) in [7, 11) is 1.78. The number of benzene rings is 1. The Labute approximate surface area is 127 Å². The topological polar surface area (TPSA) is 39.1 Å². The van der Waals surface area contributed by atoms with Gasteiger partial charge in [0.1, 0.15) is 0 Å². The Morgan fingerprint density at radius 2 is 1.90 bits per heavy atom. The molecular formula is C17H25N3O. The molecule has 2 aromatic rings. The van der Waals surface area contributed by atoms with Gasteiger partial charge in [-0.15, -0.1) is 0 Å². The average Bonchev–Trinajstić information content (AvgIpc) is 2.97. The maximum absolute atomic E-state index is 5.74. The Morgan fingerprint density at radius 1 is 1.19 bits per heavy atom. The van der Waals surface area contributed by atoms with Gasteiger partial charge in [-0.3, -0.25) is 0 Å². The van der Waals surface area contributed by atoms with Gasteiger partial charge in [-0.1, -0.05) is 39.0 Å². The normalized spacial score (nSPS) is 14.3. The second-order valence-corrected chi connectivity index (χ2v) is 5.48. The van der Waals surface area contributed by atoms with Crippen molar-refractivity contribution < 1.29 is 4.74 Å². The number of aromatic nitrogens is 2. The predicted molar refractivity (Wildman–Crippen MR) is 85.6 cm³/mol. The molecule has 0 saturated carbocycles. The van der Waals surface area contributed by atoms with Crippen LogP contribution >= 0.6 is 0 Å². The summed E-state index contributed by atoms with van der Waals surface area (Å²) in [5.41, 5.74) is 2.20. The number of nitrogens with zero attached hydrogens (tertiary/aromatic N) is 2. The maximum Gasteiger partial charge on any atom is 0.0804 e. The van der Waals surface area contributed by atoms with Gasteiger partial charge in [-0.05, 0) is 30.7 Å². The van der Waals surface area contributed by atoms with Gasteiger partial charge in [-0.2, -0.15) is 5.10 Å². The molecule has 1 heterocycles. The third-order valence-electron chi connectivity index (χ3n) is 3.67. The van der Waals surface area contributed by atoms with Crippen LogP contribution in [0.4, 0.5) is 0 Å². The third-order valence-corrected chi connectivity index (χ3v) is 3.67. The van der Waals surface area contributed by atoms with Gasteiger partial charge in [0, 0.05) is 13.3 Å². The van der Waals surface area contributed by atoms with Gasteiger partial charge >= 0.3 is 0 Å². The molecule has 2 atom stereocenters. The Bertz CT molecular complexity index is 536. The molecule has 0 spiro atoms. The molecule has 0 aliphatic carbocycles. The van der Waals surface area contributed by atoms with Gasteiger partial charge in [0.05, 0.1) is 23.5 Å². The molecule has 0 fully saturated rings. The van der Waals surface area contributed by atoms with Gasteiger partial charge in [0.25, 0.3) is 0 Å². The van der Waals surface area contributed by atoms with Crippen LogP contribution in [0.1, 0.15) is 32.5 Å². The summed E-state index contributed by atoms with van der Waals surface area (Å²) in [6.07, 6.45) is 1.95. The van der Waals surface area contributed by atoms with E-state index in [0.29, 0.717) is 5.92 Å². The second kappa shape index (κ2) is 7.38. The molecule has 21 heavy (non-hydrogen) atoms. The Morgan fingerprint density at radius 3 is 2.48 bits per heavy atom. The van der Waals surface area contributed by atoms with E-state index >= 15 is 0 Å². The lowest BCUT2D eigenvalue weighted by Gasteiger charge is -2.30. The van der Waals surface area contributed by atoms with Crippen molar-refractivity contribution in [3.63, 3.8) is 0 Å². The van der Waals surface area contributed by atoms with Crippen LogP contribution in [0.3, 0.4) is 0 Å². The van der Waals surface area contributed by atoms with Crippen molar-refractivity contribution in [1.82, 2.24) is 15.1 Å². The minimum absolute atomic E-state index is 0.101. The molecule has 0 bridgehead atoms. The first kappa shape index (κ1) is 15.7. The summed E-state index contributed by atoms with van der Waals surface area (Å²) in [4.78, 5) is 0. The fourth-order valence-electron chi connectivity index (χ4n) is 2.74. The average molecular weight is 287 g/mol. The van der Waals surface area contributed by atoms with E-state index in [1.807, 2.05) is 29.1 Å². The molecule has 0 saturated heterocycles. The van der Waals surface area contributed by atoms with Crippen LogP contribution < -0.4 is 5.32 Å². The van der Waals surface area contributed by atoms with Gasteiger partial charge in [-0.25, -0.2) is 4.68 Å². The van der Waals surface area contributed by atoms with Crippen LogP contribution in [0.2, 0.25) is 0 Å². The standard InChI is InChI=1S/C17H25N3O/c1-5-18-16(17(21-4)13(2)3)15-11-12-19-20(15)14-9-7-6-8-10-14/h6-13,16-18H,5H2,1-4H3. The first-order valence-corrected chi connectivity index (χ1v) is 7.54. The SMILES string of the molecule is CCNC(c1ccnn1-c1ccccc1)C(OC)C(C)C. The van der Waals surface area contributed by atoms with Crippen molar-refractivity contribution >= 4 is 0 Å². The first-order valence-electron chi connectivity index (χ1n) is 7.54. The Balaban J connectivity index is 2.40. The molecule has 2 rings (SSSR count). The lowest BCUT2D eigenvalue weighted by molar-refractivity contribution is 0.0312. The van der Waals surface area contributed by atoms with E-state index in [1.165, 1.54) is 0 Å². The molecule has 2 unspecified atom stereocenters. The minimum atomic E-state index is 0.101. The van der Waals surface area contributed by atoms with Crippen molar-refractivity contribution in [2.75, 3.05) is 13.7 Å². The molecular weight excluding hydrogens is 262 g/mol. The molecule has 0 amide bonds. The predicted octanol–water partition coefficient (Wildman–Crippen LogP) is 3.19. The minimum Gasteiger partial charge on any atom is -0.379 e. The van der Waals surface area contributed by atoms with E-state index in [0.717, 1.165) is 17.9 Å². The highest BCUT2D eigenvalue weighted by molar-refractivity contribution is 5.33.